The van der Waals surface area contributed by atoms with Gasteiger partial charge >= 0.3 is 41.8 Å². The molecule has 34 heavy (non-hydrogen) atoms. The minimum atomic E-state index is -6.97. The molecule has 4 nitrogen and oxygen atoms in total. The van der Waals surface area contributed by atoms with E-state index in [9.17, 15) is 58.2 Å². The first kappa shape index (κ1) is 25.7. The van der Waals surface area contributed by atoms with Crippen LogP contribution in [0, 0.1) is 29.6 Å². The molecule has 7 unspecified atom stereocenters. The predicted molar refractivity (Wildman–Crippen MR) is 86.9 cm³/mol. The number of esters is 1. The maximum atomic E-state index is 14.6. The summed E-state index contributed by atoms with van der Waals surface area (Å²) in [6, 6.07) is 0. The van der Waals surface area contributed by atoms with Crippen LogP contribution < -0.4 is 0 Å². The van der Waals surface area contributed by atoms with Crippen LogP contribution in [0.2, 0.25) is 0 Å². The third kappa shape index (κ3) is 3.20. The van der Waals surface area contributed by atoms with E-state index in [1.54, 1.807) is 0 Å². The highest BCUT2D eigenvalue weighted by molar-refractivity contribution is 5.74. The summed E-state index contributed by atoms with van der Waals surface area (Å²) in [5.41, 5.74) is -6.32. The largest absolute Gasteiger partial charge is 0.452 e. The molecule has 1 N–H and O–H groups in total. The Labute approximate surface area is 184 Å². The zero-order valence-corrected chi connectivity index (χ0v) is 17.0. The van der Waals surface area contributed by atoms with Gasteiger partial charge in [0.15, 0.2) is 0 Å². The second-order valence-corrected chi connectivity index (χ2v) is 9.53. The molecule has 1 saturated heterocycles. The highest BCUT2D eigenvalue weighted by Crippen LogP contribution is 2.65. The van der Waals surface area contributed by atoms with Crippen LogP contribution in [0.1, 0.15) is 38.5 Å². The molecule has 0 aromatic carbocycles. The highest BCUT2D eigenvalue weighted by Gasteiger charge is 2.95. The zero-order valence-electron chi connectivity index (χ0n) is 17.0. The van der Waals surface area contributed by atoms with E-state index < -0.39 is 59.7 Å². The van der Waals surface area contributed by atoms with Gasteiger partial charge in [-0.1, -0.05) is 12.8 Å². The molecule has 15 heteroatoms. The average molecular weight is 520 g/mol. The molecule has 0 spiro atoms. The van der Waals surface area contributed by atoms with Gasteiger partial charge in [0.05, 0.1) is 5.92 Å². The number of fused-ring (bicyclic) bond motifs is 5. The van der Waals surface area contributed by atoms with Crippen molar-refractivity contribution in [3.8, 4) is 0 Å². The number of hydrogen-bond acceptors (Lipinski definition) is 4. The van der Waals surface area contributed by atoms with Gasteiger partial charge in [0, 0.05) is 0 Å². The smallest absolute Gasteiger partial charge is 0.449 e. The van der Waals surface area contributed by atoms with Gasteiger partial charge < -0.3 is 14.6 Å². The summed E-state index contributed by atoms with van der Waals surface area (Å²) in [6.45, 7) is 0. The number of carbonyl (C=O) groups excluding carboxylic acids is 1. The first-order chi connectivity index (χ1) is 15.3. The molecule has 0 aromatic heterocycles. The molecule has 4 rings (SSSR count). The van der Waals surface area contributed by atoms with Gasteiger partial charge in [-0.2, -0.15) is 48.3 Å². The average Bonchev–Trinajstić information content (AvgIpc) is 3.31. The van der Waals surface area contributed by atoms with E-state index in [1.807, 2.05) is 0 Å². The fourth-order valence-electron chi connectivity index (χ4n) is 6.48. The van der Waals surface area contributed by atoms with Gasteiger partial charge in [-0.15, -0.1) is 0 Å². The Kier molecular flexibility index (Phi) is 5.54. The van der Waals surface area contributed by atoms with Crippen LogP contribution in [-0.4, -0.2) is 53.0 Å². The van der Waals surface area contributed by atoms with Crippen LogP contribution in [0.5, 0.6) is 0 Å². The van der Waals surface area contributed by atoms with E-state index in [4.69, 9.17) is 0 Å². The lowest BCUT2D eigenvalue weighted by Gasteiger charge is -2.40. The lowest BCUT2D eigenvalue weighted by Crippen LogP contribution is -2.66. The molecule has 1 heterocycles. The SMILES string of the molecule is O=C(OC1C(F)(F)C(O)(C(F)(F)F)OC1(C(F)(F)F)C(F)(F)F)C1CC2CC1C1CCCCC21. The lowest BCUT2D eigenvalue weighted by atomic mass is 9.67. The number of hydrogen-bond donors (Lipinski definition) is 1. The Morgan fingerprint density at radius 1 is 0.824 bits per heavy atom. The van der Waals surface area contributed by atoms with E-state index in [1.165, 1.54) is 0 Å². The van der Waals surface area contributed by atoms with Crippen LogP contribution in [0.3, 0.4) is 0 Å². The summed E-state index contributed by atoms with van der Waals surface area (Å²) in [5.74, 6) is -16.4. The second kappa shape index (κ2) is 7.32. The Morgan fingerprint density at radius 2 is 1.35 bits per heavy atom. The first-order valence-corrected chi connectivity index (χ1v) is 10.5. The van der Waals surface area contributed by atoms with Crippen LogP contribution >= 0.6 is 0 Å². The first-order valence-electron chi connectivity index (χ1n) is 10.5. The molecule has 2 bridgehead atoms. The second-order valence-electron chi connectivity index (χ2n) is 9.53. The topological polar surface area (TPSA) is 55.8 Å². The van der Waals surface area contributed by atoms with Gasteiger partial charge in [-0.3, -0.25) is 4.79 Å². The molecule has 7 atom stereocenters. The van der Waals surface area contributed by atoms with E-state index in [-0.39, 0.29) is 24.2 Å². The van der Waals surface area contributed by atoms with Crippen LogP contribution in [0.4, 0.5) is 48.3 Å². The van der Waals surface area contributed by atoms with Gasteiger partial charge in [-0.05, 0) is 49.4 Å². The van der Waals surface area contributed by atoms with Crippen molar-refractivity contribution in [2.45, 2.75) is 80.5 Å². The van der Waals surface area contributed by atoms with Crippen molar-refractivity contribution in [3.05, 3.63) is 0 Å². The Morgan fingerprint density at radius 3 is 1.85 bits per heavy atom. The number of halogens is 11. The van der Waals surface area contributed by atoms with E-state index in [0.717, 1.165) is 19.3 Å². The van der Waals surface area contributed by atoms with Gasteiger partial charge in [-0.25, -0.2) is 0 Å². The number of rotatable bonds is 2. The lowest BCUT2D eigenvalue weighted by molar-refractivity contribution is -0.457. The molecule has 0 aromatic rings. The molecule has 3 saturated carbocycles. The summed E-state index contributed by atoms with van der Waals surface area (Å²) in [6.07, 6.45) is -22.2. The summed E-state index contributed by atoms with van der Waals surface area (Å²) < 4.78 is 157. The molecule has 196 valence electrons. The van der Waals surface area contributed by atoms with E-state index in [0.29, 0.717) is 12.8 Å². The monoisotopic (exact) mass is 520 g/mol. The molecule has 0 radical (unpaired) electrons. The quantitative estimate of drug-likeness (QED) is 0.405. The van der Waals surface area contributed by atoms with Gasteiger partial charge in [0.25, 0.3) is 0 Å². The van der Waals surface area contributed by atoms with Crippen molar-refractivity contribution < 1.29 is 67.7 Å². The molecule has 3 aliphatic carbocycles. The van der Waals surface area contributed by atoms with Crippen LogP contribution in [0.15, 0.2) is 0 Å². The standard InChI is InChI=1S/C19H19F11O4/c20-15(21)13(14(17(22,23)24,18(25,26)27)34-16(15,32)19(28,29)30)33-12(31)11-6-7-5-10(11)9-4-2-1-3-8(7)9/h7-11,13,32H,1-6H2. The minimum Gasteiger partial charge on any atom is -0.452 e. The van der Waals surface area contributed by atoms with Crippen LogP contribution in [-0.2, 0) is 14.3 Å². The Bertz CT molecular complexity index is 822. The Hall–Kier alpha value is -1.38. The fourth-order valence-corrected chi connectivity index (χ4v) is 6.48. The van der Waals surface area contributed by atoms with E-state index >= 15 is 0 Å². The van der Waals surface area contributed by atoms with Crippen molar-refractivity contribution in [3.63, 3.8) is 0 Å². The third-order valence-electron chi connectivity index (χ3n) is 7.90. The molecule has 1 aliphatic heterocycles. The normalized spacial score (nSPS) is 41.4. The number of alkyl halides is 11. The van der Waals surface area contributed by atoms with Crippen LogP contribution in [0.25, 0.3) is 0 Å². The minimum absolute atomic E-state index is 0.0433. The molecule has 4 aliphatic rings. The summed E-state index contributed by atoms with van der Waals surface area (Å²) in [7, 11) is 0. The molecule has 0 amide bonds. The van der Waals surface area contributed by atoms with Crippen molar-refractivity contribution >= 4 is 5.97 Å². The van der Waals surface area contributed by atoms with Gasteiger partial charge in [0.1, 0.15) is 0 Å². The van der Waals surface area contributed by atoms with Crippen molar-refractivity contribution in [1.82, 2.24) is 0 Å². The predicted octanol–water partition coefficient (Wildman–Crippen LogP) is 5.14. The fraction of sp³-hybridized carbons (Fsp3) is 0.947. The number of aliphatic hydroxyl groups is 1. The highest BCUT2D eigenvalue weighted by atomic mass is 19.4. The van der Waals surface area contributed by atoms with E-state index in [2.05, 4.69) is 9.47 Å². The van der Waals surface area contributed by atoms with Crippen molar-refractivity contribution in [1.29, 1.82) is 0 Å². The maximum Gasteiger partial charge on any atom is 0.449 e. The number of ether oxygens (including phenoxy) is 2. The van der Waals surface area contributed by atoms with Gasteiger partial charge in [0.2, 0.25) is 6.10 Å². The summed E-state index contributed by atoms with van der Waals surface area (Å²) in [4.78, 5) is 12.6. The zero-order chi connectivity index (χ0) is 25.7. The third-order valence-corrected chi connectivity index (χ3v) is 7.90. The number of carbonyl (C=O) groups is 1. The van der Waals surface area contributed by atoms with Crippen molar-refractivity contribution in [2.75, 3.05) is 0 Å². The molecular formula is C19H19F11O4. The summed E-state index contributed by atoms with van der Waals surface area (Å²) >= 11 is 0. The Balaban J connectivity index is 1.72. The molecular weight excluding hydrogens is 501 g/mol. The summed E-state index contributed by atoms with van der Waals surface area (Å²) in [5, 5.41) is 9.34. The maximum absolute atomic E-state index is 14.6. The van der Waals surface area contributed by atoms with Crippen molar-refractivity contribution in [2.24, 2.45) is 29.6 Å². The molecule has 4 fully saturated rings.